The van der Waals surface area contributed by atoms with Gasteiger partial charge in [-0.3, -0.25) is 14.4 Å². The van der Waals surface area contributed by atoms with Crippen molar-refractivity contribution in [3.63, 3.8) is 0 Å². The number of ether oxygens (including phenoxy) is 1. The molecule has 0 saturated carbocycles. The van der Waals surface area contributed by atoms with E-state index in [1.165, 1.54) is 17.0 Å². The van der Waals surface area contributed by atoms with E-state index in [0.29, 0.717) is 37.0 Å². The number of benzene rings is 2. The Labute approximate surface area is 183 Å². The molecule has 0 unspecified atom stereocenters. The summed E-state index contributed by atoms with van der Waals surface area (Å²) in [7, 11) is 0. The standard InChI is InChI=1S/C23H23FN4O4/c1-14(2)22(30)27-9-11-28(12-10-27)23(31)18-13-15(7-8-19(18)24)32-21-17-6-4-3-5-16(17)20(29)25-26-21/h3-8,13-14H,9-12H2,1-2H3,(H,25,29). The van der Waals surface area contributed by atoms with Crippen molar-refractivity contribution in [2.75, 3.05) is 26.2 Å². The number of fused-ring (bicyclic) bond motifs is 1. The Hall–Kier alpha value is -3.75. The van der Waals surface area contributed by atoms with Crippen LogP contribution in [0.4, 0.5) is 4.39 Å². The van der Waals surface area contributed by atoms with E-state index in [-0.39, 0.29) is 34.6 Å². The number of hydrogen-bond acceptors (Lipinski definition) is 5. The molecule has 3 aromatic rings. The molecule has 1 aromatic heterocycles. The molecule has 1 fully saturated rings. The third-order valence-corrected chi connectivity index (χ3v) is 5.42. The average Bonchev–Trinajstić information content (AvgIpc) is 2.81. The van der Waals surface area contributed by atoms with E-state index in [4.69, 9.17) is 4.74 Å². The van der Waals surface area contributed by atoms with Crippen LogP contribution >= 0.6 is 0 Å². The maximum Gasteiger partial charge on any atom is 0.272 e. The smallest absolute Gasteiger partial charge is 0.272 e. The molecule has 1 N–H and O–H groups in total. The van der Waals surface area contributed by atoms with Gasteiger partial charge in [0.2, 0.25) is 11.8 Å². The summed E-state index contributed by atoms with van der Waals surface area (Å²) in [6.45, 7) is 5.14. The number of aromatic nitrogens is 2. The molecule has 0 spiro atoms. The number of piperazine rings is 1. The van der Waals surface area contributed by atoms with E-state index < -0.39 is 11.7 Å². The minimum absolute atomic E-state index is 0.0410. The largest absolute Gasteiger partial charge is 0.437 e. The molecule has 4 rings (SSSR count). The van der Waals surface area contributed by atoms with Gasteiger partial charge in [-0.1, -0.05) is 26.0 Å². The second kappa shape index (κ2) is 8.78. The molecule has 2 heterocycles. The van der Waals surface area contributed by atoms with Crippen molar-refractivity contribution in [2.24, 2.45) is 5.92 Å². The Morgan fingerprint density at radius 2 is 1.69 bits per heavy atom. The molecule has 8 nitrogen and oxygen atoms in total. The number of nitrogens with zero attached hydrogens (tertiary/aromatic N) is 3. The molecule has 32 heavy (non-hydrogen) atoms. The first-order valence-electron chi connectivity index (χ1n) is 10.4. The van der Waals surface area contributed by atoms with Crippen LogP contribution in [0.3, 0.4) is 0 Å². The summed E-state index contributed by atoms with van der Waals surface area (Å²) in [5.41, 5.74) is -0.474. The van der Waals surface area contributed by atoms with Crippen molar-refractivity contribution in [1.29, 1.82) is 0 Å². The van der Waals surface area contributed by atoms with Crippen LogP contribution in [0.25, 0.3) is 10.8 Å². The second-order valence-electron chi connectivity index (χ2n) is 7.92. The van der Waals surface area contributed by atoms with Gasteiger partial charge in [0.15, 0.2) is 0 Å². The van der Waals surface area contributed by atoms with Gasteiger partial charge in [-0.2, -0.15) is 0 Å². The van der Waals surface area contributed by atoms with E-state index >= 15 is 0 Å². The summed E-state index contributed by atoms with van der Waals surface area (Å²) in [6, 6.07) is 10.7. The van der Waals surface area contributed by atoms with Gasteiger partial charge in [-0.25, -0.2) is 9.49 Å². The SMILES string of the molecule is CC(C)C(=O)N1CCN(C(=O)c2cc(Oc3n[nH]c(=O)c4ccccc34)ccc2F)CC1. The Morgan fingerprint density at radius 3 is 2.38 bits per heavy atom. The molecular formula is C23H23FN4O4. The lowest BCUT2D eigenvalue weighted by atomic mass is 10.1. The van der Waals surface area contributed by atoms with E-state index in [2.05, 4.69) is 10.2 Å². The van der Waals surface area contributed by atoms with Crippen LogP contribution in [-0.2, 0) is 4.79 Å². The van der Waals surface area contributed by atoms with Crippen LogP contribution in [0.2, 0.25) is 0 Å². The molecule has 1 aliphatic rings. The highest BCUT2D eigenvalue weighted by Crippen LogP contribution is 2.27. The van der Waals surface area contributed by atoms with Gasteiger partial charge in [0.05, 0.1) is 16.3 Å². The first kappa shape index (κ1) is 21.5. The van der Waals surface area contributed by atoms with Crippen LogP contribution < -0.4 is 10.3 Å². The quantitative estimate of drug-likeness (QED) is 0.676. The normalized spacial score (nSPS) is 14.1. The Balaban J connectivity index is 1.54. The summed E-state index contributed by atoms with van der Waals surface area (Å²) in [4.78, 5) is 40.3. The molecule has 9 heteroatoms. The van der Waals surface area contributed by atoms with Crippen molar-refractivity contribution in [2.45, 2.75) is 13.8 Å². The van der Waals surface area contributed by atoms with Gasteiger partial charge in [-0.15, -0.1) is 5.10 Å². The van der Waals surface area contributed by atoms with E-state index in [1.54, 1.807) is 29.2 Å². The van der Waals surface area contributed by atoms with E-state index in [1.807, 2.05) is 13.8 Å². The molecule has 1 aliphatic heterocycles. The Morgan fingerprint density at radius 1 is 1.03 bits per heavy atom. The lowest BCUT2D eigenvalue weighted by Crippen LogP contribution is -2.51. The summed E-state index contributed by atoms with van der Waals surface area (Å²) < 4.78 is 20.3. The average molecular weight is 438 g/mol. The topological polar surface area (TPSA) is 95.6 Å². The second-order valence-corrected chi connectivity index (χ2v) is 7.92. The van der Waals surface area contributed by atoms with Crippen LogP contribution in [-0.4, -0.2) is 58.0 Å². The highest BCUT2D eigenvalue weighted by molar-refractivity contribution is 5.95. The molecule has 0 atom stereocenters. The summed E-state index contributed by atoms with van der Waals surface area (Å²) in [5.74, 6) is -0.842. The summed E-state index contributed by atoms with van der Waals surface area (Å²) in [6.07, 6.45) is 0. The van der Waals surface area contributed by atoms with Crippen molar-refractivity contribution in [3.05, 3.63) is 64.2 Å². The van der Waals surface area contributed by atoms with Gasteiger partial charge >= 0.3 is 0 Å². The van der Waals surface area contributed by atoms with Crippen molar-refractivity contribution in [3.8, 4) is 11.6 Å². The number of amides is 2. The summed E-state index contributed by atoms with van der Waals surface area (Å²) in [5, 5.41) is 7.22. The number of carbonyl (C=O) groups is 2. The number of rotatable bonds is 4. The van der Waals surface area contributed by atoms with Gasteiger partial charge in [-0.05, 0) is 30.3 Å². The van der Waals surface area contributed by atoms with Crippen LogP contribution in [0.15, 0.2) is 47.3 Å². The maximum atomic E-state index is 14.5. The molecule has 166 valence electrons. The van der Waals surface area contributed by atoms with Crippen molar-refractivity contribution in [1.82, 2.24) is 20.0 Å². The summed E-state index contributed by atoms with van der Waals surface area (Å²) >= 11 is 0. The maximum absolute atomic E-state index is 14.5. The number of H-pyrrole nitrogens is 1. The number of nitrogens with one attached hydrogen (secondary N) is 1. The highest BCUT2D eigenvalue weighted by atomic mass is 19.1. The zero-order valence-corrected chi connectivity index (χ0v) is 17.8. The molecule has 0 aliphatic carbocycles. The van der Waals surface area contributed by atoms with Gasteiger partial charge < -0.3 is 14.5 Å². The molecule has 0 radical (unpaired) electrons. The third kappa shape index (κ3) is 4.18. The molecule has 1 saturated heterocycles. The lowest BCUT2D eigenvalue weighted by Gasteiger charge is -2.35. The van der Waals surface area contributed by atoms with Gasteiger partial charge in [0, 0.05) is 32.1 Å². The fourth-order valence-electron chi connectivity index (χ4n) is 3.68. The van der Waals surface area contributed by atoms with Crippen molar-refractivity contribution >= 4 is 22.6 Å². The monoisotopic (exact) mass is 438 g/mol. The highest BCUT2D eigenvalue weighted by Gasteiger charge is 2.27. The first-order chi connectivity index (χ1) is 15.3. The Bertz CT molecular complexity index is 1230. The fourth-order valence-corrected chi connectivity index (χ4v) is 3.68. The third-order valence-electron chi connectivity index (χ3n) is 5.42. The van der Waals surface area contributed by atoms with E-state index in [9.17, 15) is 18.8 Å². The lowest BCUT2D eigenvalue weighted by molar-refractivity contribution is -0.135. The predicted molar refractivity (Wildman–Crippen MR) is 116 cm³/mol. The van der Waals surface area contributed by atoms with Gasteiger partial charge in [0.25, 0.3) is 11.5 Å². The molecule has 0 bridgehead atoms. The number of hydrogen-bond donors (Lipinski definition) is 1. The minimum atomic E-state index is -0.665. The van der Waals surface area contributed by atoms with Crippen molar-refractivity contribution < 1.29 is 18.7 Å². The van der Waals surface area contributed by atoms with Crippen LogP contribution in [0, 0.1) is 11.7 Å². The molecule has 2 aromatic carbocycles. The van der Waals surface area contributed by atoms with E-state index in [0.717, 1.165) is 6.07 Å². The number of carbonyl (C=O) groups excluding carboxylic acids is 2. The molecular weight excluding hydrogens is 415 g/mol. The Kier molecular flexibility index (Phi) is 5.89. The zero-order valence-electron chi connectivity index (χ0n) is 17.8. The number of aromatic amines is 1. The van der Waals surface area contributed by atoms with Crippen LogP contribution in [0.1, 0.15) is 24.2 Å². The minimum Gasteiger partial charge on any atom is -0.437 e. The zero-order chi connectivity index (χ0) is 22.8. The first-order valence-corrected chi connectivity index (χ1v) is 10.4. The molecule has 2 amide bonds. The van der Waals surface area contributed by atoms with Gasteiger partial charge in [0.1, 0.15) is 11.6 Å². The van der Waals surface area contributed by atoms with Crippen LogP contribution in [0.5, 0.6) is 11.6 Å². The number of halogens is 1. The predicted octanol–water partition coefficient (Wildman–Crippen LogP) is 2.79. The fraction of sp³-hybridized carbons (Fsp3) is 0.304.